The molecule has 1 aromatic rings. The zero-order chi connectivity index (χ0) is 11.4. The number of likely N-dealkylation sites (N-methyl/N-ethyl adjacent to an activating group) is 1. The van der Waals surface area contributed by atoms with Crippen molar-refractivity contribution in [2.24, 2.45) is 0 Å². The van der Waals surface area contributed by atoms with Gasteiger partial charge < -0.3 is 5.32 Å². The van der Waals surface area contributed by atoms with Crippen LogP contribution in [0.25, 0.3) is 0 Å². The summed E-state index contributed by atoms with van der Waals surface area (Å²) in [5.74, 6) is 0. The van der Waals surface area contributed by atoms with Crippen LogP contribution in [-0.4, -0.2) is 41.0 Å². The van der Waals surface area contributed by atoms with E-state index in [4.69, 9.17) is 11.6 Å². The maximum Gasteiger partial charge on any atom is 0.222 e. The first-order chi connectivity index (χ1) is 7.74. The summed E-state index contributed by atoms with van der Waals surface area (Å²) in [6.07, 6.45) is 4.26. The van der Waals surface area contributed by atoms with Gasteiger partial charge in [-0.05, 0) is 44.1 Å². The van der Waals surface area contributed by atoms with Crippen molar-refractivity contribution in [1.82, 2.24) is 20.2 Å². The smallest absolute Gasteiger partial charge is 0.222 e. The molecule has 1 aliphatic rings. The van der Waals surface area contributed by atoms with Gasteiger partial charge in [0.25, 0.3) is 0 Å². The fraction of sp³-hybridized carbons (Fsp3) is 0.636. The summed E-state index contributed by atoms with van der Waals surface area (Å²) in [4.78, 5) is 10.3. The number of hydrogen-bond donors (Lipinski definition) is 1. The molecule has 0 amide bonds. The lowest BCUT2D eigenvalue weighted by molar-refractivity contribution is 0.290. The van der Waals surface area contributed by atoms with Crippen molar-refractivity contribution < 1.29 is 0 Å². The van der Waals surface area contributed by atoms with Gasteiger partial charge in [-0.15, -0.1) is 0 Å². The fourth-order valence-corrected chi connectivity index (χ4v) is 2.25. The third-order valence-electron chi connectivity index (χ3n) is 2.81. The van der Waals surface area contributed by atoms with E-state index in [2.05, 4.69) is 27.2 Å². The quantitative estimate of drug-likeness (QED) is 0.806. The van der Waals surface area contributed by atoms with Crippen LogP contribution in [0.2, 0.25) is 5.28 Å². The summed E-state index contributed by atoms with van der Waals surface area (Å²) < 4.78 is 0. The molecule has 16 heavy (non-hydrogen) atoms. The molecule has 0 spiro atoms. The van der Waals surface area contributed by atoms with E-state index in [9.17, 15) is 0 Å². The second kappa shape index (κ2) is 5.57. The monoisotopic (exact) mass is 240 g/mol. The standard InChI is InChI=1S/C11H17ClN4/c1-16(7-9-3-2-5-13-9)8-10-4-6-14-11(12)15-10/h4,6,9,13H,2-3,5,7-8H2,1H3/t9-/m1/s1. The van der Waals surface area contributed by atoms with Crippen LogP contribution in [0.15, 0.2) is 12.3 Å². The Morgan fingerprint density at radius 2 is 2.50 bits per heavy atom. The summed E-state index contributed by atoms with van der Waals surface area (Å²) in [6, 6.07) is 2.53. The number of nitrogens with zero attached hydrogens (tertiary/aromatic N) is 3. The first-order valence-electron chi connectivity index (χ1n) is 5.63. The van der Waals surface area contributed by atoms with Gasteiger partial charge in [-0.1, -0.05) is 0 Å². The van der Waals surface area contributed by atoms with Gasteiger partial charge in [-0.3, -0.25) is 4.90 Å². The zero-order valence-corrected chi connectivity index (χ0v) is 10.2. The Hall–Kier alpha value is -0.710. The van der Waals surface area contributed by atoms with E-state index in [1.807, 2.05) is 6.07 Å². The predicted octanol–water partition coefficient (Wildman–Crippen LogP) is 1.31. The Morgan fingerprint density at radius 3 is 3.19 bits per heavy atom. The average molecular weight is 241 g/mol. The minimum Gasteiger partial charge on any atom is -0.313 e. The Kier molecular flexibility index (Phi) is 4.09. The topological polar surface area (TPSA) is 41.1 Å². The third-order valence-corrected chi connectivity index (χ3v) is 2.99. The summed E-state index contributed by atoms with van der Waals surface area (Å²) >= 11 is 5.75. The second-order valence-electron chi connectivity index (χ2n) is 4.31. The van der Waals surface area contributed by atoms with Crippen LogP contribution in [0.3, 0.4) is 0 Å². The van der Waals surface area contributed by atoms with Gasteiger partial charge in [0.15, 0.2) is 0 Å². The van der Waals surface area contributed by atoms with Crippen LogP contribution in [0.1, 0.15) is 18.5 Å². The van der Waals surface area contributed by atoms with Crippen molar-refractivity contribution in [3.8, 4) is 0 Å². The fourth-order valence-electron chi connectivity index (χ4n) is 2.09. The number of halogens is 1. The molecule has 4 nitrogen and oxygen atoms in total. The Balaban J connectivity index is 1.84. The lowest BCUT2D eigenvalue weighted by Crippen LogP contribution is -2.35. The van der Waals surface area contributed by atoms with E-state index in [-0.39, 0.29) is 0 Å². The molecule has 0 saturated carbocycles. The van der Waals surface area contributed by atoms with Crippen LogP contribution in [-0.2, 0) is 6.54 Å². The van der Waals surface area contributed by atoms with Crippen molar-refractivity contribution in [3.63, 3.8) is 0 Å². The molecular formula is C11H17ClN4. The van der Waals surface area contributed by atoms with Crippen molar-refractivity contribution in [1.29, 1.82) is 0 Å². The molecule has 1 aromatic heterocycles. The van der Waals surface area contributed by atoms with E-state index in [0.29, 0.717) is 11.3 Å². The molecule has 0 radical (unpaired) electrons. The highest BCUT2D eigenvalue weighted by atomic mass is 35.5. The van der Waals surface area contributed by atoms with Gasteiger partial charge >= 0.3 is 0 Å². The molecule has 0 aliphatic carbocycles. The molecule has 1 fully saturated rings. The number of aromatic nitrogens is 2. The molecule has 0 aromatic carbocycles. The molecular weight excluding hydrogens is 224 g/mol. The molecule has 1 saturated heterocycles. The maximum atomic E-state index is 5.75. The molecule has 2 heterocycles. The van der Waals surface area contributed by atoms with Crippen molar-refractivity contribution in [2.45, 2.75) is 25.4 Å². The van der Waals surface area contributed by atoms with Gasteiger partial charge in [0.05, 0.1) is 5.69 Å². The van der Waals surface area contributed by atoms with Crippen molar-refractivity contribution in [2.75, 3.05) is 20.1 Å². The normalized spacial score (nSPS) is 20.6. The van der Waals surface area contributed by atoms with E-state index >= 15 is 0 Å². The molecule has 0 bridgehead atoms. The van der Waals surface area contributed by atoms with Gasteiger partial charge in [0, 0.05) is 25.3 Å². The van der Waals surface area contributed by atoms with E-state index in [1.165, 1.54) is 12.8 Å². The van der Waals surface area contributed by atoms with Crippen LogP contribution < -0.4 is 5.32 Å². The first kappa shape index (κ1) is 11.8. The predicted molar refractivity (Wildman–Crippen MR) is 64.4 cm³/mol. The zero-order valence-electron chi connectivity index (χ0n) is 9.49. The average Bonchev–Trinajstić information content (AvgIpc) is 2.70. The molecule has 2 rings (SSSR count). The highest BCUT2D eigenvalue weighted by Gasteiger charge is 2.16. The van der Waals surface area contributed by atoms with Crippen LogP contribution in [0.5, 0.6) is 0 Å². The lowest BCUT2D eigenvalue weighted by atomic mass is 10.2. The minimum absolute atomic E-state index is 0.324. The summed E-state index contributed by atoms with van der Waals surface area (Å²) in [5.41, 5.74) is 0.973. The van der Waals surface area contributed by atoms with Gasteiger partial charge in [0.2, 0.25) is 5.28 Å². The van der Waals surface area contributed by atoms with Gasteiger partial charge in [-0.2, -0.15) is 0 Å². The van der Waals surface area contributed by atoms with E-state index in [0.717, 1.165) is 25.3 Å². The Labute approximate surface area is 101 Å². The van der Waals surface area contributed by atoms with Crippen LogP contribution in [0.4, 0.5) is 0 Å². The molecule has 5 heteroatoms. The summed E-state index contributed by atoms with van der Waals surface area (Å²) in [6.45, 7) is 3.03. The third kappa shape index (κ3) is 3.40. The van der Waals surface area contributed by atoms with Crippen molar-refractivity contribution in [3.05, 3.63) is 23.2 Å². The summed E-state index contributed by atoms with van der Waals surface area (Å²) in [5, 5.41) is 3.81. The molecule has 1 N–H and O–H groups in total. The maximum absolute atomic E-state index is 5.75. The molecule has 1 aliphatic heterocycles. The lowest BCUT2D eigenvalue weighted by Gasteiger charge is -2.20. The second-order valence-corrected chi connectivity index (χ2v) is 4.65. The van der Waals surface area contributed by atoms with Crippen LogP contribution in [0, 0.1) is 0 Å². The van der Waals surface area contributed by atoms with Gasteiger partial charge in [0.1, 0.15) is 0 Å². The number of rotatable bonds is 4. The molecule has 1 atom stereocenters. The number of nitrogens with one attached hydrogen (secondary N) is 1. The largest absolute Gasteiger partial charge is 0.313 e. The highest BCUT2D eigenvalue weighted by Crippen LogP contribution is 2.08. The minimum atomic E-state index is 0.324. The first-order valence-corrected chi connectivity index (χ1v) is 6.01. The summed E-state index contributed by atoms with van der Waals surface area (Å²) in [7, 11) is 2.11. The van der Waals surface area contributed by atoms with E-state index < -0.39 is 0 Å². The Morgan fingerprint density at radius 1 is 1.62 bits per heavy atom. The molecule has 88 valence electrons. The van der Waals surface area contributed by atoms with Crippen LogP contribution >= 0.6 is 11.6 Å². The van der Waals surface area contributed by atoms with Crippen molar-refractivity contribution >= 4 is 11.6 Å². The Bertz CT molecular complexity index is 339. The highest BCUT2D eigenvalue weighted by molar-refractivity contribution is 6.28. The SMILES string of the molecule is CN(Cc1ccnc(Cl)n1)C[C@H]1CCCN1. The molecule has 0 unspecified atom stereocenters. The van der Waals surface area contributed by atoms with Gasteiger partial charge in [-0.25, -0.2) is 9.97 Å². The van der Waals surface area contributed by atoms with E-state index in [1.54, 1.807) is 6.20 Å². The number of hydrogen-bond acceptors (Lipinski definition) is 4.